The maximum atomic E-state index is 12.7. The molecule has 144 valence electrons. The number of sulfonamides is 1. The number of anilines is 1. The molecule has 1 heterocycles. The average molecular weight is 390 g/mol. The molecule has 0 atom stereocenters. The van der Waals surface area contributed by atoms with Crippen molar-refractivity contribution in [2.24, 2.45) is 0 Å². The summed E-state index contributed by atoms with van der Waals surface area (Å²) in [5.41, 5.74) is 1.36. The number of hydrogen-bond acceptors (Lipinski definition) is 5. The average Bonchev–Trinajstić information content (AvgIpc) is 2.80. The van der Waals surface area contributed by atoms with Crippen molar-refractivity contribution in [3.8, 4) is 11.5 Å². The van der Waals surface area contributed by atoms with Gasteiger partial charge in [-0.2, -0.15) is 0 Å². The lowest BCUT2D eigenvalue weighted by molar-refractivity contribution is 0.0765. The van der Waals surface area contributed by atoms with Crippen LogP contribution < -0.4 is 14.2 Å². The number of benzene rings is 2. The van der Waals surface area contributed by atoms with Crippen LogP contribution in [0, 0.1) is 6.92 Å². The monoisotopic (exact) mass is 390 g/mol. The second kappa shape index (κ2) is 7.48. The molecule has 0 aromatic heterocycles. The van der Waals surface area contributed by atoms with Crippen LogP contribution in [0.15, 0.2) is 41.3 Å². The largest absolute Gasteiger partial charge is 0.496 e. The van der Waals surface area contributed by atoms with Gasteiger partial charge in [0.05, 0.1) is 24.1 Å². The van der Waals surface area contributed by atoms with Crippen LogP contribution in [0.2, 0.25) is 0 Å². The zero-order chi connectivity index (χ0) is 19.6. The Morgan fingerprint density at radius 3 is 2.67 bits per heavy atom. The van der Waals surface area contributed by atoms with Crippen LogP contribution in [-0.2, 0) is 10.0 Å². The molecule has 0 spiro atoms. The number of aryl methyl sites for hydroxylation is 1. The quantitative estimate of drug-likeness (QED) is 0.848. The summed E-state index contributed by atoms with van der Waals surface area (Å²) in [4.78, 5) is 14.4. The van der Waals surface area contributed by atoms with Crippen molar-refractivity contribution in [1.82, 2.24) is 4.90 Å². The Morgan fingerprint density at radius 2 is 2.00 bits per heavy atom. The fourth-order valence-electron chi connectivity index (χ4n) is 2.96. The van der Waals surface area contributed by atoms with E-state index in [1.165, 1.54) is 25.3 Å². The van der Waals surface area contributed by atoms with E-state index >= 15 is 0 Å². The second-order valence-electron chi connectivity index (χ2n) is 6.18. The summed E-state index contributed by atoms with van der Waals surface area (Å²) in [6, 6.07) is 9.34. The minimum Gasteiger partial charge on any atom is -0.496 e. The number of hydrogen-bond donors (Lipinski definition) is 1. The van der Waals surface area contributed by atoms with E-state index in [-0.39, 0.29) is 10.8 Å². The summed E-state index contributed by atoms with van der Waals surface area (Å²) >= 11 is 0. The van der Waals surface area contributed by atoms with Gasteiger partial charge in [-0.1, -0.05) is 0 Å². The number of nitrogens with zero attached hydrogens (tertiary/aromatic N) is 1. The predicted molar refractivity (Wildman–Crippen MR) is 102 cm³/mol. The normalized spacial score (nSPS) is 14.2. The molecule has 0 unspecified atom stereocenters. The fourth-order valence-corrected chi connectivity index (χ4v) is 4.09. The third kappa shape index (κ3) is 3.85. The lowest BCUT2D eigenvalue weighted by atomic mass is 10.1. The first-order valence-electron chi connectivity index (χ1n) is 8.59. The maximum Gasteiger partial charge on any atom is 0.261 e. The molecule has 27 heavy (non-hydrogen) atoms. The molecule has 1 N–H and O–H groups in total. The highest BCUT2D eigenvalue weighted by molar-refractivity contribution is 7.92. The molecule has 1 aliphatic rings. The molecule has 0 saturated heterocycles. The van der Waals surface area contributed by atoms with Crippen molar-refractivity contribution in [2.75, 3.05) is 31.5 Å². The van der Waals surface area contributed by atoms with Crippen LogP contribution in [0.25, 0.3) is 0 Å². The van der Waals surface area contributed by atoms with E-state index in [1.807, 2.05) is 6.92 Å². The van der Waals surface area contributed by atoms with Gasteiger partial charge in [-0.15, -0.1) is 0 Å². The first-order valence-corrected chi connectivity index (χ1v) is 10.1. The standard InChI is InChI=1S/C19H22N2O5S/c1-4-21-9-10-26-18-7-5-14(12-16(18)19(21)22)20-27(23,24)15-6-8-17(25-3)13(2)11-15/h5-8,11-12,20H,4,9-10H2,1-3H3. The number of amides is 1. The summed E-state index contributed by atoms with van der Waals surface area (Å²) in [5, 5.41) is 0. The molecule has 0 aliphatic carbocycles. The van der Waals surface area contributed by atoms with Crippen molar-refractivity contribution in [3.63, 3.8) is 0 Å². The van der Waals surface area contributed by atoms with Gasteiger partial charge >= 0.3 is 0 Å². The van der Waals surface area contributed by atoms with Crippen LogP contribution in [-0.4, -0.2) is 46.0 Å². The smallest absolute Gasteiger partial charge is 0.261 e. The van der Waals surface area contributed by atoms with Gasteiger partial charge in [0.15, 0.2) is 0 Å². The molecule has 1 aliphatic heterocycles. The maximum absolute atomic E-state index is 12.7. The van der Waals surface area contributed by atoms with Crippen molar-refractivity contribution < 1.29 is 22.7 Å². The summed E-state index contributed by atoms with van der Waals surface area (Å²) in [7, 11) is -2.27. The fraction of sp³-hybridized carbons (Fsp3) is 0.316. The van der Waals surface area contributed by atoms with E-state index in [9.17, 15) is 13.2 Å². The first kappa shape index (κ1) is 19.0. The molecule has 0 saturated carbocycles. The zero-order valence-electron chi connectivity index (χ0n) is 15.5. The minimum absolute atomic E-state index is 0.119. The van der Waals surface area contributed by atoms with Crippen LogP contribution in [0.3, 0.4) is 0 Å². The molecule has 0 bridgehead atoms. The van der Waals surface area contributed by atoms with Crippen LogP contribution in [0.5, 0.6) is 11.5 Å². The highest BCUT2D eigenvalue weighted by Gasteiger charge is 2.24. The molecule has 2 aromatic carbocycles. The Balaban J connectivity index is 1.92. The van der Waals surface area contributed by atoms with E-state index in [2.05, 4.69) is 4.72 Å². The summed E-state index contributed by atoms with van der Waals surface area (Å²) < 4.78 is 38.7. The Morgan fingerprint density at radius 1 is 1.22 bits per heavy atom. The molecule has 0 fully saturated rings. The van der Waals surface area contributed by atoms with E-state index in [0.717, 1.165) is 0 Å². The highest BCUT2D eigenvalue weighted by Crippen LogP contribution is 2.28. The van der Waals surface area contributed by atoms with Crippen LogP contribution in [0.4, 0.5) is 5.69 Å². The second-order valence-corrected chi connectivity index (χ2v) is 7.86. The van der Waals surface area contributed by atoms with Gasteiger partial charge in [-0.05, 0) is 55.8 Å². The van der Waals surface area contributed by atoms with Crippen molar-refractivity contribution in [2.45, 2.75) is 18.7 Å². The number of methoxy groups -OCH3 is 1. The number of rotatable bonds is 5. The van der Waals surface area contributed by atoms with Crippen molar-refractivity contribution in [1.29, 1.82) is 0 Å². The van der Waals surface area contributed by atoms with Crippen molar-refractivity contribution in [3.05, 3.63) is 47.5 Å². The summed E-state index contributed by atoms with van der Waals surface area (Å²) in [6.45, 7) is 5.12. The topological polar surface area (TPSA) is 84.9 Å². The first-order chi connectivity index (χ1) is 12.9. The van der Waals surface area contributed by atoms with Gasteiger partial charge in [-0.25, -0.2) is 8.42 Å². The van der Waals surface area contributed by atoms with Crippen LogP contribution >= 0.6 is 0 Å². The molecule has 7 nitrogen and oxygen atoms in total. The Bertz CT molecular complexity index is 972. The van der Waals surface area contributed by atoms with E-state index in [1.54, 1.807) is 30.0 Å². The highest BCUT2D eigenvalue weighted by atomic mass is 32.2. The summed E-state index contributed by atoms with van der Waals surface area (Å²) in [6.07, 6.45) is 0. The number of fused-ring (bicyclic) bond motifs is 1. The SMILES string of the molecule is CCN1CCOc2ccc(NS(=O)(=O)c3ccc(OC)c(C)c3)cc2C1=O. The van der Waals surface area contributed by atoms with Crippen LogP contribution in [0.1, 0.15) is 22.8 Å². The number of carbonyl (C=O) groups is 1. The van der Waals surface area contributed by atoms with Gasteiger partial charge in [0.2, 0.25) is 0 Å². The number of ether oxygens (including phenoxy) is 2. The lowest BCUT2D eigenvalue weighted by Crippen LogP contribution is -2.32. The lowest BCUT2D eigenvalue weighted by Gasteiger charge is -2.17. The Kier molecular flexibility index (Phi) is 5.27. The third-order valence-electron chi connectivity index (χ3n) is 4.43. The molecule has 8 heteroatoms. The number of likely N-dealkylation sites (N-methyl/N-ethyl adjacent to an activating group) is 1. The molecule has 3 rings (SSSR count). The number of carbonyl (C=O) groups excluding carboxylic acids is 1. The van der Waals surface area contributed by atoms with Crippen molar-refractivity contribution >= 4 is 21.6 Å². The van der Waals surface area contributed by atoms with Gasteiger partial charge in [0, 0.05) is 12.2 Å². The van der Waals surface area contributed by atoms with Gasteiger partial charge in [0.1, 0.15) is 18.1 Å². The molecule has 1 amide bonds. The molecule has 2 aromatic rings. The zero-order valence-corrected chi connectivity index (χ0v) is 16.3. The Labute approximate surface area is 158 Å². The Hall–Kier alpha value is -2.74. The third-order valence-corrected chi connectivity index (χ3v) is 5.81. The number of nitrogens with one attached hydrogen (secondary N) is 1. The van der Waals surface area contributed by atoms with E-state index in [4.69, 9.17) is 9.47 Å². The van der Waals surface area contributed by atoms with Gasteiger partial charge in [0.25, 0.3) is 15.9 Å². The molecule has 0 radical (unpaired) electrons. The molecular weight excluding hydrogens is 368 g/mol. The molecular formula is C19H22N2O5S. The summed E-state index contributed by atoms with van der Waals surface area (Å²) in [5.74, 6) is 0.895. The van der Waals surface area contributed by atoms with E-state index in [0.29, 0.717) is 48.0 Å². The van der Waals surface area contributed by atoms with Gasteiger partial charge < -0.3 is 14.4 Å². The van der Waals surface area contributed by atoms with Gasteiger partial charge in [-0.3, -0.25) is 9.52 Å². The van der Waals surface area contributed by atoms with E-state index < -0.39 is 10.0 Å². The predicted octanol–water partition coefficient (Wildman–Crippen LogP) is 2.66. The minimum atomic E-state index is -3.80.